The maximum Gasteiger partial charge on any atom is 0.193 e. The lowest BCUT2D eigenvalue weighted by molar-refractivity contribution is 0.0910. The molecule has 2 fully saturated rings. The highest BCUT2D eigenvalue weighted by atomic mass is 16.5. The van der Waals surface area contributed by atoms with Crippen LogP contribution in [-0.2, 0) is 4.74 Å². The van der Waals surface area contributed by atoms with Crippen LogP contribution in [-0.4, -0.2) is 50.3 Å². The van der Waals surface area contributed by atoms with Crippen molar-refractivity contribution in [2.45, 2.75) is 31.5 Å². The summed E-state index contributed by atoms with van der Waals surface area (Å²) in [5.41, 5.74) is 1.27. The molecule has 0 spiro atoms. The van der Waals surface area contributed by atoms with Gasteiger partial charge in [-0.15, -0.1) is 0 Å². The van der Waals surface area contributed by atoms with Crippen LogP contribution in [0.2, 0.25) is 0 Å². The Morgan fingerprint density at radius 3 is 2.41 bits per heavy atom. The number of rotatable bonds is 5. The van der Waals surface area contributed by atoms with Crippen LogP contribution in [0.25, 0.3) is 0 Å². The van der Waals surface area contributed by atoms with Gasteiger partial charge in [-0.1, -0.05) is 48.5 Å². The standard InChI is InChI=1S/C24H31N3O2/c1-25-24(26-18-20-14-17-28-23(20)19-8-4-2-5-9-19)27-15-12-22(13-16-27)29-21-10-6-3-7-11-21/h2-11,20,22-23H,12-18H2,1H3,(H,25,26). The van der Waals surface area contributed by atoms with Crippen LogP contribution in [0, 0.1) is 5.92 Å². The molecule has 0 saturated carbocycles. The number of hydrogen-bond donors (Lipinski definition) is 1. The lowest BCUT2D eigenvalue weighted by Crippen LogP contribution is -2.48. The van der Waals surface area contributed by atoms with Crippen LogP contribution in [0.4, 0.5) is 0 Å². The van der Waals surface area contributed by atoms with Gasteiger partial charge in [0, 0.05) is 52.0 Å². The molecule has 29 heavy (non-hydrogen) atoms. The number of likely N-dealkylation sites (tertiary alicyclic amines) is 1. The van der Waals surface area contributed by atoms with Gasteiger partial charge in [-0.05, 0) is 24.1 Å². The molecule has 0 aromatic heterocycles. The Morgan fingerprint density at radius 1 is 1.03 bits per heavy atom. The van der Waals surface area contributed by atoms with Gasteiger partial charge in [0.2, 0.25) is 0 Å². The number of hydrogen-bond acceptors (Lipinski definition) is 3. The Labute approximate surface area is 173 Å². The molecule has 2 heterocycles. The first-order chi connectivity index (χ1) is 14.3. The van der Waals surface area contributed by atoms with E-state index in [9.17, 15) is 0 Å². The monoisotopic (exact) mass is 393 g/mol. The molecule has 0 aliphatic carbocycles. The zero-order valence-corrected chi connectivity index (χ0v) is 17.2. The second-order valence-corrected chi connectivity index (χ2v) is 7.80. The predicted octanol–water partition coefficient (Wildman–Crippen LogP) is 3.88. The van der Waals surface area contributed by atoms with Gasteiger partial charge in [-0.3, -0.25) is 4.99 Å². The summed E-state index contributed by atoms with van der Waals surface area (Å²) in [6.07, 6.45) is 3.55. The van der Waals surface area contributed by atoms with Crippen molar-refractivity contribution in [3.63, 3.8) is 0 Å². The molecular formula is C24H31N3O2. The molecule has 5 nitrogen and oxygen atoms in total. The average Bonchev–Trinajstić information content (AvgIpc) is 3.25. The Bertz CT molecular complexity index is 773. The smallest absolute Gasteiger partial charge is 0.193 e. The summed E-state index contributed by atoms with van der Waals surface area (Å²) in [6.45, 7) is 3.63. The Balaban J connectivity index is 1.27. The van der Waals surface area contributed by atoms with Gasteiger partial charge in [0.25, 0.3) is 0 Å². The third kappa shape index (κ3) is 5.10. The zero-order valence-electron chi connectivity index (χ0n) is 17.2. The SMILES string of the molecule is CN=C(NCC1CCOC1c1ccccc1)N1CCC(Oc2ccccc2)CC1. The molecule has 0 amide bonds. The summed E-state index contributed by atoms with van der Waals surface area (Å²) < 4.78 is 12.1. The summed E-state index contributed by atoms with van der Waals surface area (Å²) in [4.78, 5) is 6.87. The maximum atomic E-state index is 6.12. The molecule has 2 saturated heterocycles. The fourth-order valence-electron chi connectivity index (χ4n) is 4.29. The molecule has 2 aliphatic rings. The van der Waals surface area contributed by atoms with E-state index in [1.165, 1.54) is 5.56 Å². The van der Waals surface area contributed by atoms with E-state index in [0.29, 0.717) is 5.92 Å². The topological polar surface area (TPSA) is 46.1 Å². The fourth-order valence-corrected chi connectivity index (χ4v) is 4.29. The van der Waals surface area contributed by atoms with Crippen molar-refractivity contribution in [2.75, 3.05) is 33.3 Å². The highest BCUT2D eigenvalue weighted by Crippen LogP contribution is 2.34. The summed E-state index contributed by atoms with van der Waals surface area (Å²) in [5.74, 6) is 2.41. The highest BCUT2D eigenvalue weighted by molar-refractivity contribution is 5.80. The quantitative estimate of drug-likeness (QED) is 0.619. The zero-order chi connectivity index (χ0) is 19.9. The number of ether oxygens (including phenoxy) is 2. The average molecular weight is 394 g/mol. The third-order valence-electron chi connectivity index (χ3n) is 5.86. The van der Waals surface area contributed by atoms with Gasteiger partial charge in [-0.2, -0.15) is 0 Å². The summed E-state index contributed by atoms with van der Waals surface area (Å²) in [7, 11) is 1.87. The van der Waals surface area contributed by atoms with Crippen molar-refractivity contribution in [3.05, 3.63) is 66.2 Å². The number of para-hydroxylation sites is 1. The molecule has 154 valence electrons. The van der Waals surface area contributed by atoms with Crippen LogP contribution >= 0.6 is 0 Å². The molecule has 2 aliphatic heterocycles. The van der Waals surface area contributed by atoms with Crippen LogP contribution in [0.15, 0.2) is 65.7 Å². The first kappa shape index (κ1) is 19.8. The molecule has 2 aromatic carbocycles. The number of nitrogens with zero attached hydrogens (tertiary/aromatic N) is 2. The fraction of sp³-hybridized carbons (Fsp3) is 0.458. The van der Waals surface area contributed by atoms with Crippen molar-refractivity contribution >= 4 is 5.96 Å². The third-order valence-corrected chi connectivity index (χ3v) is 5.86. The maximum absolute atomic E-state index is 6.12. The highest BCUT2D eigenvalue weighted by Gasteiger charge is 2.30. The van der Waals surface area contributed by atoms with E-state index in [1.807, 2.05) is 37.4 Å². The molecule has 5 heteroatoms. The van der Waals surface area contributed by atoms with E-state index in [2.05, 4.69) is 45.5 Å². The minimum absolute atomic E-state index is 0.173. The minimum Gasteiger partial charge on any atom is -0.490 e. The normalized spacial score (nSPS) is 23.2. The molecular weight excluding hydrogens is 362 g/mol. The van der Waals surface area contributed by atoms with Crippen molar-refractivity contribution in [1.82, 2.24) is 10.2 Å². The second kappa shape index (κ2) is 9.79. The summed E-state index contributed by atoms with van der Waals surface area (Å²) in [5, 5.41) is 3.60. The van der Waals surface area contributed by atoms with Crippen molar-refractivity contribution in [3.8, 4) is 5.75 Å². The summed E-state index contributed by atoms with van der Waals surface area (Å²) >= 11 is 0. The first-order valence-corrected chi connectivity index (χ1v) is 10.7. The summed E-state index contributed by atoms with van der Waals surface area (Å²) in [6, 6.07) is 20.7. The Hall–Kier alpha value is -2.53. The second-order valence-electron chi connectivity index (χ2n) is 7.80. The lowest BCUT2D eigenvalue weighted by Gasteiger charge is -2.34. The van der Waals surface area contributed by atoms with Crippen LogP contribution in [0.1, 0.15) is 30.9 Å². The number of piperidine rings is 1. The minimum atomic E-state index is 0.173. The number of aliphatic imine (C=N–C) groups is 1. The van der Waals surface area contributed by atoms with Gasteiger partial charge in [0.05, 0.1) is 6.10 Å². The van der Waals surface area contributed by atoms with Gasteiger partial charge < -0.3 is 19.7 Å². The molecule has 4 rings (SSSR count). The van der Waals surface area contributed by atoms with E-state index in [4.69, 9.17) is 9.47 Å². The van der Waals surface area contributed by atoms with E-state index in [1.54, 1.807) is 0 Å². The van der Waals surface area contributed by atoms with Gasteiger partial charge in [0.15, 0.2) is 5.96 Å². The van der Waals surface area contributed by atoms with E-state index in [0.717, 1.165) is 57.2 Å². The first-order valence-electron chi connectivity index (χ1n) is 10.7. The number of nitrogens with one attached hydrogen (secondary N) is 1. The van der Waals surface area contributed by atoms with Crippen molar-refractivity contribution in [1.29, 1.82) is 0 Å². The number of guanidine groups is 1. The molecule has 2 atom stereocenters. The lowest BCUT2D eigenvalue weighted by atomic mass is 9.95. The van der Waals surface area contributed by atoms with Crippen LogP contribution in [0.3, 0.4) is 0 Å². The molecule has 2 unspecified atom stereocenters. The molecule has 1 N–H and O–H groups in total. The predicted molar refractivity (Wildman–Crippen MR) is 116 cm³/mol. The van der Waals surface area contributed by atoms with Crippen molar-refractivity contribution < 1.29 is 9.47 Å². The van der Waals surface area contributed by atoms with Crippen LogP contribution < -0.4 is 10.1 Å². The van der Waals surface area contributed by atoms with Gasteiger partial charge in [0.1, 0.15) is 11.9 Å². The largest absolute Gasteiger partial charge is 0.490 e. The van der Waals surface area contributed by atoms with Crippen molar-refractivity contribution in [2.24, 2.45) is 10.9 Å². The molecule has 0 bridgehead atoms. The van der Waals surface area contributed by atoms with E-state index < -0.39 is 0 Å². The number of benzene rings is 2. The Kier molecular flexibility index (Phi) is 6.67. The Morgan fingerprint density at radius 2 is 1.72 bits per heavy atom. The molecule has 2 aromatic rings. The van der Waals surface area contributed by atoms with Gasteiger partial charge in [-0.25, -0.2) is 0 Å². The molecule has 0 radical (unpaired) electrons. The van der Waals surface area contributed by atoms with Crippen LogP contribution in [0.5, 0.6) is 5.75 Å². The van der Waals surface area contributed by atoms with Gasteiger partial charge >= 0.3 is 0 Å². The van der Waals surface area contributed by atoms with E-state index in [-0.39, 0.29) is 12.2 Å². The van der Waals surface area contributed by atoms with E-state index >= 15 is 0 Å².